The van der Waals surface area contributed by atoms with Gasteiger partial charge in [0.1, 0.15) is 5.15 Å². The summed E-state index contributed by atoms with van der Waals surface area (Å²) in [5.74, 6) is 0. The second-order valence-electron chi connectivity index (χ2n) is 5.78. The van der Waals surface area contributed by atoms with Gasteiger partial charge in [0.2, 0.25) is 0 Å². The molecule has 0 saturated carbocycles. The molecule has 0 bridgehead atoms. The van der Waals surface area contributed by atoms with Crippen molar-refractivity contribution in [3.63, 3.8) is 0 Å². The van der Waals surface area contributed by atoms with Crippen LogP contribution < -0.4 is 0 Å². The number of aromatic nitrogens is 2. The van der Waals surface area contributed by atoms with E-state index in [0.29, 0.717) is 17.3 Å². The predicted molar refractivity (Wildman–Crippen MR) is 85.1 cm³/mol. The summed E-state index contributed by atoms with van der Waals surface area (Å²) in [7, 11) is 0. The molecule has 0 aliphatic rings. The molecule has 0 aliphatic carbocycles. The van der Waals surface area contributed by atoms with Crippen molar-refractivity contribution < 1.29 is 5.11 Å². The molecular formula is C15H18BrClN2O. The first kappa shape index (κ1) is 15.5. The van der Waals surface area contributed by atoms with Crippen LogP contribution in [-0.2, 0) is 18.6 Å². The van der Waals surface area contributed by atoms with Gasteiger partial charge in [-0.15, -0.1) is 0 Å². The second-order valence-corrected chi connectivity index (χ2v) is 6.99. The van der Waals surface area contributed by atoms with E-state index in [1.807, 2.05) is 24.3 Å². The molecule has 5 heteroatoms. The lowest BCUT2D eigenvalue weighted by atomic mass is 9.90. The van der Waals surface area contributed by atoms with Gasteiger partial charge in [0, 0.05) is 15.5 Å². The first-order valence-corrected chi connectivity index (χ1v) is 7.61. The van der Waals surface area contributed by atoms with Crippen LogP contribution in [0, 0.1) is 0 Å². The maximum absolute atomic E-state index is 9.55. The van der Waals surface area contributed by atoms with E-state index >= 15 is 0 Å². The SMILES string of the molecule is CC(C)(C)c1nn(Cc2ccccc2Br)c(Cl)c1CO. The van der Waals surface area contributed by atoms with E-state index in [2.05, 4.69) is 41.8 Å². The van der Waals surface area contributed by atoms with Gasteiger partial charge < -0.3 is 5.11 Å². The van der Waals surface area contributed by atoms with Gasteiger partial charge in [-0.3, -0.25) is 0 Å². The monoisotopic (exact) mass is 356 g/mol. The maximum Gasteiger partial charge on any atom is 0.133 e. The molecule has 1 aromatic carbocycles. The van der Waals surface area contributed by atoms with E-state index in [4.69, 9.17) is 11.6 Å². The minimum absolute atomic E-state index is 0.0958. The summed E-state index contributed by atoms with van der Waals surface area (Å²) in [4.78, 5) is 0. The Morgan fingerprint density at radius 1 is 1.30 bits per heavy atom. The molecule has 2 rings (SSSR count). The van der Waals surface area contributed by atoms with E-state index in [9.17, 15) is 5.11 Å². The van der Waals surface area contributed by atoms with E-state index in [0.717, 1.165) is 15.7 Å². The predicted octanol–water partition coefficient (Wildman–Crippen LogP) is 4.14. The number of aliphatic hydroxyl groups is 1. The zero-order valence-corrected chi connectivity index (χ0v) is 14.2. The van der Waals surface area contributed by atoms with Gasteiger partial charge in [0.05, 0.1) is 18.8 Å². The quantitative estimate of drug-likeness (QED) is 0.896. The topological polar surface area (TPSA) is 38.0 Å². The average molecular weight is 358 g/mol. The van der Waals surface area contributed by atoms with Crippen LogP contribution in [0.1, 0.15) is 37.6 Å². The lowest BCUT2D eigenvalue weighted by Crippen LogP contribution is -2.15. The lowest BCUT2D eigenvalue weighted by molar-refractivity contribution is 0.278. The van der Waals surface area contributed by atoms with Crippen LogP contribution in [0.2, 0.25) is 5.15 Å². The Morgan fingerprint density at radius 3 is 2.45 bits per heavy atom. The fourth-order valence-corrected chi connectivity index (χ4v) is 2.77. The molecule has 0 atom stereocenters. The highest BCUT2D eigenvalue weighted by Gasteiger charge is 2.25. The molecule has 0 fully saturated rings. The van der Waals surface area contributed by atoms with Crippen molar-refractivity contribution in [2.75, 3.05) is 0 Å². The smallest absolute Gasteiger partial charge is 0.133 e. The van der Waals surface area contributed by atoms with Crippen LogP contribution >= 0.6 is 27.5 Å². The Hall–Kier alpha value is -0.840. The zero-order chi connectivity index (χ0) is 14.9. The number of aliphatic hydroxyl groups excluding tert-OH is 1. The molecule has 1 aromatic heterocycles. The molecule has 108 valence electrons. The third kappa shape index (κ3) is 3.08. The highest BCUT2D eigenvalue weighted by molar-refractivity contribution is 9.10. The molecular weight excluding hydrogens is 340 g/mol. The van der Waals surface area contributed by atoms with Crippen molar-refractivity contribution in [1.29, 1.82) is 0 Å². The molecule has 0 radical (unpaired) electrons. The number of nitrogens with zero attached hydrogens (tertiary/aromatic N) is 2. The van der Waals surface area contributed by atoms with Crippen LogP contribution in [0.25, 0.3) is 0 Å². The van der Waals surface area contributed by atoms with Crippen LogP contribution in [0.5, 0.6) is 0 Å². The van der Waals surface area contributed by atoms with Crippen molar-refractivity contribution in [3.8, 4) is 0 Å². The van der Waals surface area contributed by atoms with Gasteiger partial charge >= 0.3 is 0 Å². The van der Waals surface area contributed by atoms with E-state index < -0.39 is 0 Å². The number of rotatable bonds is 3. The number of benzene rings is 1. The molecule has 0 unspecified atom stereocenters. The number of hydrogen-bond donors (Lipinski definition) is 1. The fraction of sp³-hybridized carbons (Fsp3) is 0.400. The van der Waals surface area contributed by atoms with E-state index in [-0.39, 0.29) is 12.0 Å². The van der Waals surface area contributed by atoms with Crippen molar-refractivity contribution in [3.05, 3.63) is 50.7 Å². The van der Waals surface area contributed by atoms with Crippen molar-refractivity contribution in [1.82, 2.24) is 9.78 Å². The van der Waals surface area contributed by atoms with Gasteiger partial charge in [-0.2, -0.15) is 5.10 Å². The minimum atomic E-state index is -0.152. The van der Waals surface area contributed by atoms with Crippen molar-refractivity contribution in [2.45, 2.75) is 39.3 Å². The van der Waals surface area contributed by atoms with Crippen LogP contribution in [0.4, 0.5) is 0 Å². The molecule has 0 aliphatic heterocycles. The summed E-state index contributed by atoms with van der Waals surface area (Å²) in [5.41, 5.74) is 2.51. The standard InChI is InChI=1S/C15H18BrClN2O/c1-15(2,3)13-11(9-20)14(17)19(18-13)8-10-6-4-5-7-12(10)16/h4-7,20H,8-9H2,1-3H3. The van der Waals surface area contributed by atoms with E-state index in [1.54, 1.807) is 4.68 Å². The first-order chi connectivity index (χ1) is 9.34. The average Bonchev–Trinajstić information content (AvgIpc) is 2.69. The summed E-state index contributed by atoms with van der Waals surface area (Å²) >= 11 is 9.89. The molecule has 3 nitrogen and oxygen atoms in total. The Kier molecular flexibility index (Phi) is 4.57. The van der Waals surface area contributed by atoms with Gasteiger partial charge in [-0.25, -0.2) is 4.68 Å². The summed E-state index contributed by atoms with van der Waals surface area (Å²) in [6, 6.07) is 7.97. The largest absolute Gasteiger partial charge is 0.391 e. The van der Waals surface area contributed by atoms with E-state index in [1.165, 1.54) is 0 Å². The highest BCUT2D eigenvalue weighted by Crippen LogP contribution is 2.31. The Labute approximate surface area is 132 Å². The zero-order valence-electron chi connectivity index (χ0n) is 11.8. The normalized spacial score (nSPS) is 11.9. The van der Waals surface area contributed by atoms with Gasteiger partial charge in [0.15, 0.2) is 0 Å². The summed E-state index contributed by atoms with van der Waals surface area (Å²) in [6.07, 6.45) is 0. The van der Waals surface area contributed by atoms with Gasteiger partial charge in [0.25, 0.3) is 0 Å². The first-order valence-electron chi connectivity index (χ1n) is 6.44. The molecule has 0 saturated heterocycles. The lowest BCUT2D eigenvalue weighted by Gasteiger charge is -2.16. The third-order valence-corrected chi connectivity index (χ3v) is 4.33. The van der Waals surface area contributed by atoms with Crippen LogP contribution in [-0.4, -0.2) is 14.9 Å². The molecule has 2 aromatic rings. The summed E-state index contributed by atoms with van der Waals surface area (Å²) in [6.45, 7) is 6.67. The summed E-state index contributed by atoms with van der Waals surface area (Å²) < 4.78 is 2.77. The van der Waals surface area contributed by atoms with Gasteiger partial charge in [-0.1, -0.05) is 66.5 Å². The third-order valence-electron chi connectivity index (χ3n) is 3.13. The van der Waals surface area contributed by atoms with Crippen LogP contribution in [0.3, 0.4) is 0 Å². The maximum atomic E-state index is 9.55. The molecule has 0 amide bonds. The highest BCUT2D eigenvalue weighted by atomic mass is 79.9. The number of hydrogen-bond acceptors (Lipinski definition) is 2. The second kappa shape index (κ2) is 5.88. The van der Waals surface area contributed by atoms with Crippen molar-refractivity contribution >= 4 is 27.5 Å². The molecule has 0 spiro atoms. The summed E-state index contributed by atoms with van der Waals surface area (Å²) in [5, 5.41) is 14.6. The van der Waals surface area contributed by atoms with Gasteiger partial charge in [-0.05, 0) is 11.6 Å². The Balaban J connectivity index is 2.44. The molecule has 1 heterocycles. The Morgan fingerprint density at radius 2 is 1.95 bits per heavy atom. The Bertz CT molecular complexity index is 617. The molecule has 1 N–H and O–H groups in total. The van der Waals surface area contributed by atoms with Crippen molar-refractivity contribution in [2.24, 2.45) is 0 Å². The molecule has 20 heavy (non-hydrogen) atoms. The van der Waals surface area contributed by atoms with Crippen LogP contribution in [0.15, 0.2) is 28.7 Å². The number of halogens is 2. The minimum Gasteiger partial charge on any atom is -0.391 e. The fourth-order valence-electron chi connectivity index (χ4n) is 2.11.